The van der Waals surface area contributed by atoms with Crippen LogP contribution in [0.3, 0.4) is 0 Å². The number of ether oxygens (including phenoxy) is 1. The van der Waals surface area contributed by atoms with Gasteiger partial charge in [0.2, 0.25) is 0 Å². The van der Waals surface area contributed by atoms with E-state index in [9.17, 15) is 9.59 Å². The number of methoxy groups -OCH3 is 1. The quantitative estimate of drug-likeness (QED) is 0.223. The molecule has 6 nitrogen and oxygen atoms in total. The summed E-state index contributed by atoms with van der Waals surface area (Å²) in [7, 11) is 1.35. The largest absolute Gasteiger partial charge is 0.465 e. The maximum atomic E-state index is 13.4. The lowest BCUT2D eigenvalue weighted by molar-refractivity contribution is -0.122. The molecule has 0 bridgehead atoms. The highest BCUT2D eigenvalue weighted by Crippen LogP contribution is 2.37. The standard InChI is InChI=1S/C30H27N3O3S/c1-4-32-28(34)27(37-30(32)31-23-14-10-13-22(17-23)29(35)36-3)18-25-20(2)33(19-21-11-6-5-7-12-21)26-16-9-8-15-24(25)26/h5-18H,4,19H2,1-3H3. The number of aliphatic imine (C=N–C) groups is 1. The van der Waals surface area contributed by atoms with E-state index in [-0.39, 0.29) is 5.91 Å². The predicted octanol–water partition coefficient (Wildman–Crippen LogP) is 6.41. The zero-order chi connectivity index (χ0) is 25.9. The van der Waals surface area contributed by atoms with Gasteiger partial charge in [-0.3, -0.25) is 9.69 Å². The second-order valence-electron chi connectivity index (χ2n) is 8.68. The lowest BCUT2D eigenvalue weighted by atomic mass is 10.1. The summed E-state index contributed by atoms with van der Waals surface area (Å²) in [6, 6.07) is 25.6. The van der Waals surface area contributed by atoms with Gasteiger partial charge in [-0.1, -0.05) is 54.6 Å². The van der Waals surface area contributed by atoms with E-state index < -0.39 is 5.97 Å². The Morgan fingerprint density at radius 1 is 1.03 bits per heavy atom. The number of rotatable bonds is 6. The lowest BCUT2D eigenvalue weighted by Gasteiger charge is -2.12. The maximum Gasteiger partial charge on any atom is 0.337 e. The number of fused-ring (bicyclic) bond motifs is 1. The van der Waals surface area contributed by atoms with Gasteiger partial charge in [0.05, 0.1) is 23.3 Å². The van der Waals surface area contributed by atoms with Crippen LogP contribution >= 0.6 is 11.8 Å². The fourth-order valence-corrected chi connectivity index (χ4v) is 5.59. The van der Waals surface area contributed by atoms with Crippen LogP contribution in [0.2, 0.25) is 0 Å². The van der Waals surface area contributed by atoms with Crippen molar-refractivity contribution in [2.45, 2.75) is 20.4 Å². The minimum atomic E-state index is -0.424. The molecule has 1 aromatic heterocycles. The Hall–Kier alpha value is -4.10. The van der Waals surface area contributed by atoms with Gasteiger partial charge in [-0.2, -0.15) is 0 Å². The van der Waals surface area contributed by atoms with Crippen molar-refractivity contribution in [1.82, 2.24) is 9.47 Å². The molecule has 5 rings (SSSR count). The molecule has 1 aliphatic rings. The molecule has 7 heteroatoms. The van der Waals surface area contributed by atoms with Gasteiger partial charge in [-0.15, -0.1) is 0 Å². The summed E-state index contributed by atoms with van der Waals surface area (Å²) < 4.78 is 7.12. The second kappa shape index (κ2) is 10.5. The fourth-order valence-electron chi connectivity index (χ4n) is 4.54. The molecule has 0 saturated carbocycles. The molecule has 3 aromatic carbocycles. The van der Waals surface area contributed by atoms with Gasteiger partial charge in [-0.05, 0) is 61.5 Å². The average molecular weight is 510 g/mol. The fraction of sp³-hybridized carbons (Fsp3) is 0.167. The highest BCUT2D eigenvalue weighted by Gasteiger charge is 2.33. The molecule has 2 heterocycles. The van der Waals surface area contributed by atoms with Crippen molar-refractivity contribution >= 4 is 51.5 Å². The molecule has 1 amide bonds. The molecule has 0 radical (unpaired) electrons. The summed E-state index contributed by atoms with van der Waals surface area (Å²) in [5.41, 5.74) is 5.50. The normalized spacial score (nSPS) is 15.8. The van der Waals surface area contributed by atoms with E-state index in [1.165, 1.54) is 24.4 Å². The smallest absolute Gasteiger partial charge is 0.337 e. The third-order valence-electron chi connectivity index (χ3n) is 6.43. The number of amides is 1. The van der Waals surface area contributed by atoms with E-state index in [4.69, 9.17) is 9.73 Å². The molecule has 1 aliphatic heterocycles. The number of likely N-dealkylation sites (N-methyl/N-ethyl adjacent to an activating group) is 1. The number of esters is 1. The van der Waals surface area contributed by atoms with Crippen molar-refractivity contribution in [3.05, 3.63) is 106 Å². The molecule has 0 unspecified atom stereocenters. The van der Waals surface area contributed by atoms with E-state index in [0.717, 1.165) is 28.7 Å². The predicted molar refractivity (Wildman–Crippen MR) is 150 cm³/mol. The minimum absolute atomic E-state index is 0.0744. The molecule has 186 valence electrons. The Bertz CT molecular complexity index is 1550. The number of aromatic nitrogens is 1. The Kier molecular flexibility index (Phi) is 6.97. The Balaban J connectivity index is 1.54. The second-order valence-corrected chi connectivity index (χ2v) is 9.69. The lowest BCUT2D eigenvalue weighted by Crippen LogP contribution is -2.28. The van der Waals surface area contributed by atoms with Crippen LogP contribution in [0.25, 0.3) is 17.0 Å². The molecular weight excluding hydrogens is 482 g/mol. The van der Waals surface area contributed by atoms with Gasteiger partial charge in [0.1, 0.15) is 0 Å². The molecule has 0 aliphatic carbocycles. The van der Waals surface area contributed by atoms with E-state index in [1.54, 1.807) is 29.2 Å². The number of thioether (sulfide) groups is 1. The Labute approximate surface area is 220 Å². The molecular formula is C30H27N3O3S. The molecule has 1 saturated heterocycles. The molecule has 37 heavy (non-hydrogen) atoms. The minimum Gasteiger partial charge on any atom is -0.465 e. The van der Waals surface area contributed by atoms with Gasteiger partial charge in [0.15, 0.2) is 5.17 Å². The van der Waals surface area contributed by atoms with E-state index in [1.807, 2.05) is 43.3 Å². The van der Waals surface area contributed by atoms with Gasteiger partial charge in [0, 0.05) is 35.2 Å². The zero-order valence-corrected chi connectivity index (χ0v) is 21.8. The average Bonchev–Trinajstić information content (AvgIpc) is 3.37. The molecule has 0 N–H and O–H groups in total. The third kappa shape index (κ3) is 4.82. The number of hydrogen-bond donors (Lipinski definition) is 0. The summed E-state index contributed by atoms with van der Waals surface area (Å²) >= 11 is 1.35. The van der Waals surface area contributed by atoms with Crippen LogP contribution in [-0.2, 0) is 16.1 Å². The van der Waals surface area contributed by atoms with Crippen molar-refractivity contribution in [3.8, 4) is 0 Å². The van der Waals surface area contributed by atoms with E-state index in [0.29, 0.717) is 27.9 Å². The van der Waals surface area contributed by atoms with Crippen molar-refractivity contribution in [3.63, 3.8) is 0 Å². The topological polar surface area (TPSA) is 63.9 Å². The van der Waals surface area contributed by atoms with Crippen molar-refractivity contribution in [1.29, 1.82) is 0 Å². The summed E-state index contributed by atoms with van der Waals surface area (Å²) in [5, 5.41) is 1.70. The van der Waals surface area contributed by atoms with Gasteiger partial charge < -0.3 is 9.30 Å². The third-order valence-corrected chi connectivity index (χ3v) is 7.44. The van der Waals surface area contributed by atoms with Crippen LogP contribution < -0.4 is 0 Å². The first-order valence-electron chi connectivity index (χ1n) is 12.1. The van der Waals surface area contributed by atoms with Crippen LogP contribution in [-0.4, -0.2) is 40.2 Å². The Morgan fingerprint density at radius 2 is 1.78 bits per heavy atom. The van der Waals surface area contributed by atoms with Crippen LogP contribution in [0.15, 0.2) is 88.8 Å². The number of hydrogen-bond acceptors (Lipinski definition) is 5. The van der Waals surface area contributed by atoms with E-state index >= 15 is 0 Å². The number of nitrogens with zero attached hydrogens (tertiary/aromatic N) is 3. The summed E-state index contributed by atoms with van der Waals surface area (Å²) in [4.78, 5) is 32.3. The van der Waals surface area contributed by atoms with Crippen molar-refractivity contribution < 1.29 is 14.3 Å². The SMILES string of the molecule is CCN1C(=O)C(=Cc2c(C)n(Cc3ccccc3)c3ccccc23)SC1=Nc1cccc(C(=O)OC)c1. The van der Waals surface area contributed by atoms with Gasteiger partial charge in [-0.25, -0.2) is 9.79 Å². The number of para-hydroxylation sites is 1. The van der Waals surface area contributed by atoms with E-state index in [2.05, 4.69) is 35.8 Å². The summed E-state index contributed by atoms with van der Waals surface area (Å²) in [6.07, 6.45) is 1.99. The first-order chi connectivity index (χ1) is 18.0. The highest BCUT2D eigenvalue weighted by atomic mass is 32.2. The number of benzene rings is 3. The van der Waals surface area contributed by atoms with Crippen LogP contribution in [0.5, 0.6) is 0 Å². The van der Waals surface area contributed by atoms with Crippen molar-refractivity contribution in [2.24, 2.45) is 4.99 Å². The zero-order valence-electron chi connectivity index (χ0n) is 21.0. The molecule has 1 fully saturated rings. The van der Waals surface area contributed by atoms with Crippen molar-refractivity contribution in [2.75, 3.05) is 13.7 Å². The monoisotopic (exact) mass is 509 g/mol. The highest BCUT2D eigenvalue weighted by molar-refractivity contribution is 8.18. The first kappa shape index (κ1) is 24.6. The Morgan fingerprint density at radius 3 is 2.54 bits per heavy atom. The molecule has 4 aromatic rings. The maximum absolute atomic E-state index is 13.4. The summed E-state index contributed by atoms with van der Waals surface area (Å²) in [6.45, 7) is 5.28. The van der Waals surface area contributed by atoms with Crippen LogP contribution in [0.4, 0.5) is 5.69 Å². The van der Waals surface area contributed by atoms with Gasteiger partial charge in [0.25, 0.3) is 5.91 Å². The number of amidine groups is 1. The molecule has 0 atom stereocenters. The number of carbonyl (C=O) groups is 2. The summed E-state index contributed by atoms with van der Waals surface area (Å²) in [5.74, 6) is -0.498. The van der Waals surface area contributed by atoms with Crippen LogP contribution in [0.1, 0.15) is 34.1 Å². The first-order valence-corrected chi connectivity index (χ1v) is 12.9. The molecule has 0 spiro atoms. The number of carbonyl (C=O) groups excluding carboxylic acids is 2. The van der Waals surface area contributed by atoms with Crippen LogP contribution in [0, 0.1) is 6.92 Å². The van der Waals surface area contributed by atoms with Gasteiger partial charge >= 0.3 is 5.97 Å².